The van der Waals surface area contributed by atoms with Gasteiger partial charge >= 0.3 is 12.1 Å². The molecule has 1 aromatic heterocycles. The summed E-state index contributed by atoms with van der Waals surface area (Å²) in [7, 11) is 0. The molecule has 1 aromatic carbocycles. The molecule has 0 aliphatic rings. The molecule has 0 radical (unpaired) electrons. The van der Waals surface area contributed by atoms with Gasteiger partial charge in [0.25, 0.3) is 0 Å². The van der Waals surface area contributed by atoms with Crippen LogP contribution in [0.15, 0.2) is 24.3 Å². The molecule has 1 N–H and O–H groups in total. The summed E-state index contributed by atoms with van der Waals surface area (Å²) < 4.78 is 3.96. The van der Waals surface area contributed by atoms with E-state index in [2.05, 4.69) is 0 Å². The second kappa shape index (κ2) is 5.93. The molecule has 0 amide bonds. The van der Waals surface area contributed by atoms with Crippen LogP contribution in [0.1, 0.15) is 10.4 Å². The molecule has 0 atom stereocenters. The molecule has 0 unspecified atom stereocenters. The molecule has 2 rings (SSSR count). The molecule has 9 heteroatoms. The van der Waals surface area contributed by atoms with Gasteiger partial charge in [0.15, 0.2) is 0 Å². The van der Waals surface area contributed by atoms with Crippen LogP contribution in [0.3, 0.4) is 0 Å². The molecule has 21 heavy (non-hydrogen) atoms. The van der Waals surface area contributed by atoms with E-state index in [0.29, 0.717) is 5.39 Å². The van der Waals surface area contributed by atoms with Crippen LogP contribution in [0.2, 0.25) is 5.15 Å². The number of aromatic carboxylic acids is 1. The standard InChI is InChI=1S/C12H7Cl4NO4/c13-9-8(10(18)19)6-3-1-2-4-7(6)17(9)11(20)21-5-12(14,15)16/h1-4H,5H2,(H,18,19). The smallest absolute Gasteiger partial charge is 0.419 e. The van der Waals surface area contributed by atoms with Gasteiger partial charge in [0.2, 0.25) is 3.79 Å². The maximum atomic E-state index is 12.0. The second-order valence-corrected chi connectivity index (χ2v) is 6.87. The molecular weight excluding hydrogens is 364 g/mol. The van der Waals surface area contributed by atoms with E-state index in [4.69, 9.17) is 51.1 Å². The fourth-order valence-corrected chi connectivity index (χ4v) is 2.31. The number of halogens is 4. The number of aromatic nitrogens is 1. The summed E-state index contributed by atoms with van der Waals surface area (Å²) in [5.74, 6) is -1.26. The lowest BCUT2D eigenvalue weighted by Gasteiger charge is -2.12. The van der Waals surface area contributed by atoms with Crippen molar-refractivity contribution < 1.29 is 19.4 Å². The Bertz CT molecular complexity index is 720. The second-order valence-electron chi connectivity index (χ2n) is 3.99. The first-order valence-electron chi connectivity index (χ1n) is 5.48. The van der Waals surface area contributed by atoms with E-state index in [0.717, 1.165) is 4.57 Å². The quantitative estimate of drug-likeness (QED) is 0.798. The number of alkyl halides is 3. The number of para-hydroxylation sites is 1. The number of nitrogens with zero attached hydrogens (tertiary/aromatic N) is 1. The summed E-state index contributed by atoms with van der Waals surface area (Å²) in [5, 5.41) is 9.23. The van der Waals surface area contributed by atoms with Gasteiger partial charge in [0.05, 0.1) is 5.52 Å². The average Bonchev–Trinajstić information content (AvgIpc) is 2.67. The van der Waals surface area contributed by atoms with Crippen molar-refractivity contribution in [2.75, 3.05) is 6.61 Å². The predicted molar refractivity (Wildman–Crippen MR) is 80.9 cm³/mol. The maximum Gasteiger partial charge on any atom is 0.419 e. The highest BCUT2D eigenvalue weighted by Gasteiger charge is 2.27. The number of carboxylic acids is 1. The molecule has 0 saturated carbocycles. The summed E-state index contributed by atoms with van der Waals surface area (Å²) in [6, 6.07) is 6.32. The summed E-state index contributed by atoms with van der Waals surface area (Å²) in [5.41, 5.74) is 0.0901. The van der Waals surface area contributed by atoms with Crippen LogP contribution in [0.4, 0.5) is 4.79 Å². The van der Waals surface area contributed by atoms with Crippen LogP contribution >= 0.6 is 46.4 Å². The number of fused-ring (bicyclic) bond motifs is 1. The first kappa shape index (κ1) is 16.2. The predicted octanol–water partition coefficient (Wildman–Crippen LogP) is 4.35. The normalized spacial score (nSPS) is 11.6. The number of carbonyl (C=O) groups is 2. The first-order chi connectivity index (χ1) is 9.72. The zero-order valence-corrected chi connectivity index (χ0v) is 13.2. The van der Waals surface area contributed by atoms with Gasteiger partial charge in [-0.1, -0.05) is 64.6 Å². The Morgan fingerprint density at radius 1 is 1.24 bits per heavy atom. The Labute approximate surface area is 138 Å². The first-order valence-corrected chi connectivity index (χ1v) is 6.99. The molecule has 1 heterocycles. The molecule has 0 saturated heterocycles. The summed E-state index contributed by atoms with van der Waals surface area (Å²) >= 11 is 22.5. The third-order valence-corrected chi connectivity index (χ3v) is 3.26. The summed E-state index contributed by atoms with van der Waals surface area (Å²) in [4.78, 5) is 23.3. The SMILES string of the molecule is O=C(O)c1c(Cl)n(C(=O)OCC(Cl)(Cl)Cl)c2ccccc12. The van der Waals surface area contributed by atoms with Crippen LogP contribution in [0.25, 0.3) is 10.9 Å². The lowest BCUT2D eigenvalue weighted by atomic mass is 10.2. The van der Waals surface area contributed by atoms with E-state index in [1.165, 1.54) is 12.1 Å². The molecule has 2 aromatic rings. The Morgan fingerprint density at radius 2 is 1.86 bits per heavy atom. The van der Waals surface area contributed by atoms with Crippen molar-refractivity contribution in [1.82, 2.24) is 4.57 Å². The lowest BCUT2D eigenvalue weighted by Crippen LogP contribution is -2.21. The fraction of sp³-hybridized carbons (Fsp3) is 0.167. The van der Waals surface area contributed by atoms with Gasteiger partial charge in [0, 0.05) is 5.39 Å². The minimum Gasteiger partial charge on any atom is -0.478 e. The third kappa shape index (κ3) is 3.37. The van der Waals surface area contributed by atoms with Crippen molar-refractivity contribution >= 4 is 69.4 Å². The molecule has 0 fully saturated rings. The van der Waals surface area contributed by atoms with E-state index >= 15 is 0 Å². The number of carboxylic acid groups (broad SMARTS) is 1. The van der Waals surface area contributed by atoms with Crippen molar-refractivity contribution in [3.05, 3.63) is 35.0 Å². The fourth-order valence-electron chi connectivity index (χ4n) is 1.80. The highest BCUT2D eigenvalue weighted by atomic mass is 35.6. The van der Waals surface area contributed by atoms with Gasteiger partial charge in [0.1, 0.15) is 17.3 Å². The summed E-state index contributed by atoms with van der Waals surface area (Å²) in [6.07, 6.45) is -0.935. The monoisotopic (exact) mass is 369 g/mol. The zero-order chi connectivity index (χ0) is 15.8. The maximum absolute atomic E-state index is 12.0. The highest BCUT2D eigenvalue weighted by Crippen LogP contribution is 2.31. The lowest BCUT2D eigenvalue weighted by molar-refractivity contribution is 0.0699. The molecule has 0 bridgehead atoms. The van der Waals surface area contributed by atoms with Gasteiger partial charge in [-0.05, 0) is 6.07 Å². The number of hydrogen-bond donors (Lipinski definition) is 1. The number of ether oxygens (including phenoxy) is 1. The van der Waals surface area contributed by atoms with Crippen LogP contribution in [0, 0.1) is 0 Å². The minimum absolute atomic E-state index is 0.196. The highest BCUT2D eigenvalue weighted by molar-refractivity contribution is 6.67. The van der Waals surface area contributed by atoms with Gasteiger partial charge < -0.3 is 9.84 Å². The number of rotatable bonds is 2. The molecule has 0 spiro atoms. The van der Waals surface area contributed by atoms with Gasteiger partial charge in [-0.25, -0.2) is 14.2 Å². The molecule has 0 aliphatic carbocycles. The van der Waals surface area contributed by atoms with E-state index in [-0.39, 0.29) is 16.2 Å². The van der Waals surface area contributed by atoms with Crippen molar-refractivity contribution in [3.63, 3.8) is 0 Å². The van der Waals surface area contributed by atoms with Crippen LogP contribution in [-0.2, 0) is 4.74 Å². The Balaban J connectivity index is 2.51. The van der Waals surface area contributed by atoms with E-state index in [9.17, 15) is 14.7 Å². The van der Waals surface area contributed by atoms with Crippen molar-refractivity contribution in [2.45, 2.75) is 3.79 Å². The van der Waals surface area contributed by atoms with E-state index in [1.807, 2.05) is 0 Å². The number of benzene rings is 1. The molecule has 0 aliphatic heterocycles. The molecule has 112 valence electrons. The Morgan fingerprint density at radius 3 is 2.43 bits per heavy atom. The Hall–Kier alpha value is -1.14. The van der Waals surface area contributed by atoms with E-state index < -0.39 is 22.5 Å². The number of carbonyl (C=O) groups excluding carboxylic acids is 1. The van der Waals surface area contributed by atoms with Crippen molar-refractivity contribution in [1.29, 1.82) is 0 Å². The largest absolute Gasteiger partial charge is 0.478 e. The minimum atomic E-state index is -1.78. The topological polar surface area (TPSA) is 68.5 Å². The third-order valence-electron chi connectivity index (χ3n) is 2.57. The summed E-state index contributed by atoms with van der Waals surface area (Å²) in [6.45, 7) is -0.498. The van der Waals surface area contributed by atoms with Crippen molar-refractivity contribution in [2.24, 2.45) is 0 Å². The van der Waals surface area contributed by atoms with Crippen LogP contribution < -0.4 is 0 Å². The molecule has 5 nitrogen and oxygen atoms in total. The number of hydrogen-bond acceptors (Lipinski definition) is 3. The Kier molecular flexibility index (Phi) is 4.58. The molecular formula is C12H7Cl4NO4. The van der Waals surface area contributed by atoms with Gasteiger partial charge in [-0.3, -0.25) is 0 Å². The van der Waals surface area contributed by atoms with Crippen LogP contribution in [0.5, 0.6) is 0 Å². The zero-order valence-electron chi connectivity index (χ0n) is 10.1. The van der Waals surface area contributed by atoms with Gasteiger partial charge in [-0.15, -0.1) is 0 Å². The average molecular weight is 371 g/mol. The van der Waals surface area contributed by atoms with Crippen molar-refractivity contribution in [3.8, 4) is 0 Å². The van der Waals surface area contributed by atoms with Crippen LogP contribution in [-0.4, -0.2) is 32.1 Å². The van der Waals surface area contributed by atoms with Gasteiger partial charge in [-0.2, -0.15) is 0 Å². The van der Waals surface area contributed by atoms with E-state index in [1.54, 1.807) is 12.1 Å².